The third kappa shape index (κ3) is 3.91. The average Bonchev–Trinajstić information content (AvgIpc) is 2.85. The van der Waals surface area contributed by atoms with Crippen LogP contribution < -0.4 is 5.32 Å². The van der Waals surface area contributed by atoms with Crippen molar-refractivity contribution in [2.24, 2.45) is 5.92 Å². The van der Waals surface area contributed by atoms with Crippen molar-refractivity contribution in [2.45, 2.75) is 20.4 Å². The molecule has 0 bridgehead atoms. The number of anilines is 1. The van der Waals surface area contributed by atoms with Crippen LogP contribution in [0.1, 0.15) is 12.5 Å². The average molecular weight is 367 g/mol. The monoisotopic (exact) mass is 366 g/mol. The van der Waals surface area contributed by atoms with Gasteiger partial charge in [-0.05, 0) is 34.5 Å². The second-order valence-corrected chi connectivity index (χ2v) is 5.96. The van der Waals surface area contributed by atoms with Gasteiger partial charge < -0.3 is 5.32 Å². The number of carbonyl (C=O) groups excluding carboxylic acids is 1. The maximum atomic E-state index is 12.2. The molecule has 0 spiro atoms. The minimum absolute atomic E-state index is 0.109. The summed E-state index contributed by atoms with van der Waals surface area (Å²) >= 11 is 3.29. The number of aromatic nitrogens is 2. The van der Waals surface area contributed by atoms with Crippen LogP contribution in [0.5, 0.6) is 0 Å². The number of hydrogen-bond acceptors (Lipinski definition) is 4. The van der Waals surface area contributed by atoms with Crippen molar-refractivity contribution < 1.29 is 9.72 Å². The van der Waals surface area contributed by atoms with Gasteiger partial charge in [0.2, 0.25) is 5.91 Å². The van der Waals surface area contributed by atoms with Crippen molar-refractivity contribution in [1.82, 2.24) is 9.78 Å². The number of carbonyl (C=O) groups is 1. The maximum Gasteiger partial charge on any atom is 0.293 e. The number of hydrogen-bond donors (Lipinski definition) is 1. The minimum atomic E-state index is -0.502. The minimum Gasteiger partial charge on any atom is -0.320 e. The van der Waals surface area contributed by atoms with E-state index in [1.165, 1.54) is 6.07 Å². The highest BCUT2D eigenvalue weighted by Gasteiger charge is 2.20. The Labute approximate surface area is 135 Å². The van der Waals surface area contributed by atoms with Gasteiger partial charge in [0.05, 0.1) is 28.1 Å². The summed E-state index contributed by atoms with van der Waals surface area (Å²) in [7, 11) is 0. The summed E-state index contributed by atoms with van der Waals surface area (Å²) in [5.41, 5.74) is 0.857. The molecule has 116 valence electrons. The van der Waals surface area contributed by atoms with Crippen molar-refractivity contribution >= 4 is 33.2 Å². The number of nitro groups is 1. The van der Waals surface area contributed by atoms with Gasteiger partial charge in [-0.1, -0.05) is 13.0 Å². The number of nitrogens with one attached hydrogen (secondary N) is 1. The molecule has 1 heterocycles. The zero-order chi connectivity index (χ0) is 16.3. The Balaban J connectivity index is 2.09. The summed E-state index contributed by atoms with van der Waals surface area (Å²) in [6.45, 7) is 3.89. The van der Waals surface area contributed by atoms with Crippen LogP contribution in [0, 0.1) is 23.0 Å². The van der Waals surface area contributed by atoms with Gasteiger partial charge in [0.25, 0.3) is 5.69 Å². The lowest BCUT2D eigenvalue weighted by Gasteiger charge is -2.12. The molecule has 1 unspecified atom stereocenters. The zero-order valence-electron chi connectivity index (χ0n) is 12.1. The van der Waals surface area contributed by atoms with Crippen molar-refractivity contribution in [2.75, 3.05) is 5.32 Å². The zero-order valence-corrected chi connectivity index (χ0v) is 13.7. The lowest BCUT2D eigenvalue weighted by Crippen LogP contribution is -2.25. The molecule has 1 aromatic carbocycles. The van der Waals surface area contributed by atoms with Crippen molar-refractivity contribution in [3.63, 3.8) is 0 Å². The van der Waals surface area contributed by atoms with Crippen LogP contribution in [0.4, 0.5) is 11.4 Å². The molecule has 1 atom stereocenters. The van der Waals surface area contributed by atoms with E-state index in [2.05, 4.69) is 26.3 Å². The van der Waals surface area contributed by atoms with Gasteiger partial charge in [0, 0.05) is 12.3 Å². The lowest BCUT2D eigenvalue weighted by atomic mass is 10.1. The Kier molecular flexibility index (Phi) is 4.92. The third-order valence-corrected chi connectivity index (χ3v) is 3.53. The first-order chi connectivity index (χ1) is 10.4. The van der Waals surface area contributed by atoms with Crippen LogP contribution >= 0.6 is 15.9 Å². The van der Waals surface area contributed by atoms with E-state index in [0.29, 0.717) is 6.54 Å². The Hall–Kier alpha value is -2.22. The molecule has 1 amide bonds. The molecule has 7 nitrogen and oxygen atoms in total. The predicted molar refractivity (Wildman–Crippen MR) is 85.6 cm³/mol. The fraction of sp³-hybridized carbons (Fsp3) is 0.286. The van der Waals surface area contributed by atoms with E-state index in [-0.39, 0.29) is 23.2 Å². The quantitative estimate of drug-likeness (QED) is 0.649. The summed E-state index contributed by atoms with van der Waals surface area (Å²) in [5, 5.41) is 17.8. The highest BCUT2D eigenvalue weighted by atomic mass is 79.9. The molecule has 22 heavy (non-hydrogen) atoms. The number of aryl methyl sites for hydroxylation is 1. The second-order valence-electron chi connectivity index (χ2n) is 5.05. The number of amides is 1. The van der Waals surface area contributed by atoms with E-state index < -0.39 is 4.92 Å². The number of benzene rings is 1. The Morgan fingerprint density at radius 1 is 1.55 bits per heavy atom. The molecule has 2 rings (SSSR count). The molecule has 0 aliphatic heterocycles. The molecule has 2 aromatic rings. The van der Waals surface area contributed by atoms with Gasteiger partial charge in [-0.2, -0.15) is 5.10 Å². The smallest absolute Gasteiger partial charge is 0.293 e. The summed E-state index contributed by atoms with van der Waals surface area (Å²) < 4.78 is 2.46. The van der Waals surface area contributed by atoms with Crippen molar-refractivity contribution in [1.29, 1.82) is 0 Å². The SMILES string of the molecule is Cc1ccc(NC(=O)C(C)Cn2cc(Br)cn2)c([N+](=O)[O-])c1. The molecular formula is C14H15BrN4O3. The van der Waals surface area contributed by atoms with E-state index in [9.17, 15) is 14.9 Å². The van der Waals surface area contributed by atoms with Gasteiger partial charge in [-0.15, -0.1) is 0 Å². The fourth-order valence-corrected chi connectivity index (χ4v) is 2.28. The lowest BCUT2D eigenvalue weighted by molar-refractivity contribution is -0.384. The van der Waals surface area contributed by atoms with Crippen LogP contribution in [0.25, 0.3) is 0 Å². The van der Waals surface area contributed by atoms with Gasteiger partial charge in [-0.3, -0.25) is 19.6 Å². The van der Waals surface area contributed by atoms with E-state index in [1.54, 1.807) is 43.1 Å². The molecule has 0 radical (unpaired) electrons. The van der Waals surface area contributed by atoms with E-state index >= 15 is 0 Å². The molecule has 8 heteroatoms. The first-order valence-corrected chi connectivity index (χ1v) is 7.40. The molecule has 1 N–H and O–H groups in total. The molecule has 0 fully saturated rings. The van der Waals surface area contributed by atoms with Gasteiger partial charge in [0.15, 0.2) is 0 Å². The highest BCUT2D eigenvalue weighted by molar-refractivity contribution is 9.10. The second kappa shape index (κ2) is 6.69. The standard InChI is InChI=1S/C14H15BrN4O3/c1-9-3-4-12(13(5-9)19(21)22)17-14(20)10(2)7-18-8-11(15)6-16-18/h3-6,8,10H,7H2,1-2H3,(H,17,20). The number of nitrogens with zero attached hydrogens (tertiary/aromatic N) is 3. The molecule has 0 aliphatic carbocycles. The molecule has 0 saturated carbocycles. The largest absolute Gasteiger partial charge is 0.320 e. The first kappa shape index (κ1) is 16.2. The Morgan fingerprint density at radius 3 is 2.86 bits per heavy atom. The van der Waals surface area contributed by atoms with Crippen LogP contribution in [0.2, 0.25) is 0 Å². The predicted octanol–water partition coefficient (Wildman–Crippen LogP) is 3.14. The highest BCUT2D eigenvalue weighted by Crippen LogP contribution is 2.25. The normalized spacial score (nSPS) is 12.0. The van der Waals surface area contributed by atoms with Crippen molar-refractivity contribution in [3.05, 3.63) is 50.7 Å². The fourth-order valence-electron chi connectivity index (χ4n) is 1.96. The van der Waals surface area contributed by atoms with Gasteiger partial charge >= 0.3 is 0 Å². The molecule has 1 aromatic heterocycles. The number of rotatable bonds is 5. The topological polar surface area (TPSA) is 90.1 Å². The van der Waals surface area contributed by atoms with Gasteiger partial charge in [-0.25, -0.2) is 0 Å². The third-order valence-electron chi connectivity index (χ3n) is 3.12. The number of halogens is 1. The summed E-state index contributed by atoms with van der Waals surface area (Å²) in [6, 6.07) is 4.70. The van der Waals surface area contributed by atoms with Crippen LogP contribution in [-0.4, -0.2) is 20.6 Å². The Bertz CT molecular complexity index is 714. The molecule has 0 saturated heterocycles. The van der Waals surface area contributed by atoms with E-state index in [4.69, 9.17) is 0 Å². The maximum absolute atomic E-state index is 12.2. The summed E-state index contributed by atoms with van der Waals surface area (Å²) in [5.74, 6) is -0.675. The summed E-state index contributed by atoms with van der Waals surface area (Å²) in [4.78, 5) is 22.7. The van der Waals surface area contributed by atoms with Gasteiger partial charge in [0.1, 0.15) is 5.69 Å². The summed E-state index contributed by atoms with van der Waals surface area (Å²) in [6.07, 6.45) is 3.40. The van der Waals surface area contributed by atoms with E-state index in [0.717, 1.165) is 10.0 Å². The van der Waals surface area contributed by atoms with Crippen LogP contribution in [-0.2, 0) is 11.3 Å². The molecule has 0 aliphatic rings. The van der Waals surface area contributed by atoms with E-state index in [1.807, 2.05) is 0 Å². The molecular weight excluding hydrogens is 352 g/mol. The number of nitro benzene ring substituents is 1. The van der Waals surface area contributed by atoms with Crippen molar-refractivity contribution in [3.8, 4) is 0 Å². The van der Waals surface area contributed by atoms with Crippen LogP contribution in [0.15, 0.2) is 35.1 Å². The van der Waals surface area contributed by atoms with Crippen LogP contribution in [0.3, 0.4) is 0 Å². The first-order valence-electron chi connectivity index (χ1n) is 6.60. The Morgan fingerprint density at radius 2 is 2.27 bits per heavy atom.